The summed E-state index contributed by atoms with van der Waals surface area (Å²) < 4.78 is 2.11. The zero-order valence-electron chi connectivity index (χ0n) is 20.5. The van der Waals surface area contributed by atoms with E-state index in [9.17, 15) is 14.7 Å². The number of carbonyl (C=O) groups excluding carboxylic acids is 2. The highest BCUT2D eigenvalue weighted by atomic mass is 16.3. The van der Waals surface area contributed by atoms with E-state index >= 15 is 0 Å². The average Bonchev–Trinajstić information content (AvgIpc) is 3.24. The second-order valence-corrected chi connectivity index (χ2v) is 10.0. The van der Waals surface area contributed by atoms with E-state index in [0.717, 1.165) is 62.5 Å². The van der Waals surface area contributed by atoms with Crippen LogP contribution in [0.1, 0.15) is 66.1 Å². The van der Waals surface area contributed by atoms with Crippen molar-refractivity contribution in [2.75, 3.05) is 18.4 Å². The third-order valence-electron chi connectivity index (χ3n) is 7.69. The molecule has 2 amide bonds. The first-order chi connectivity index (χ1) is 17.4. The fraction of sp³-hybridized carbons (Fsp3) is 0.429. The number of carbonyl (C=O) groups is 2. The Labute approximate surface area is 210 Å². The number of aliphatic hydroxyl groups is 1. The Kier molecular flexibility index (Phi) is 6.75. The number of likely N-dealkylation sites (tertiary alicyclic amines) is 1. The number of anilines is 1. The third-order valence-corrected chi connectivity index (χ3v) is 7.69. The summed E-state index contributed by atoms with van der Waals surface area (Å²) in [6, 6.07) is 11.0. The molecule has 1 saturated carbocycles. The summed E-state index contributed by atoms with van der Waals surface area (Å²) >= 11 is 0. The van der Waals surface area contributed by atoms with Crippen LogP contribution in [0.5, 0.6) is 0 Å². The number of benzene rings is 1. The lowest BCUT2D eigenvalue weighted by Gasteiger charge is -2.35. The zero-order chi connectivity index (χ0) is 25.2. The highest BCUT2D eigenvalue weighted by Crippen LogP contribution is 2.36. The van der Waals surface area contributed by atoms with Gasteiger partial charge in [0.25, 0.3) is 5.91 Å². The molecule has 2 fully saturated rings. The van der Waals surface area contributed by atoms with Crippen LogP contribution >= 0.6 is 0 Å². The molecule has 8 nitrogen and oxygen atoms in total. The van der Waals surface area contributed by atoms with Crippen molar-refractivity contribution in [3.8, 4) is 6.07 Å². The van der Waals surface area contributed by atoms with Crippen molar-refractivity contribution in [1.29, 1.82) is 5.26 Å². The first-order valence-electron chi connectivity index (χ1n) is 12.7. The number of amides is 2. The Bertz CT molecular complexity index is 1320. The van der Waals surface area contributed by atoms with Crippen molar-refractivity contribution in [1.82, 2.24) is 14.5 Å². The quantitative estimate of drug-likeness (QED) is 0.581. The van der Waals surface area contributed by atoms with Gasteiger partial charge in [0.2, 0.25) is 5.91 Å². The molecule has 8 heteroatoms. The smallest absolute Gasteiger partial charge is 0.274 e. The van der Waals surface area contributed by atoms with Gasteiger partial charge in [-0.2, -0.15) is 5.26 Å². The van der Waals surface area contributed by atoms with E-state index in [-0.39, 0.29) is 29.5 Å². The van der Waals surface area contributed by atoms with Crippen LogP contribution in [0, 0.1) is 17.2 Å². The van der Waals surface area contributed by atoms with Crippen LogP contribution in [0.4, 0.5) is 5.69 Å². The first kappa shape index (κ1) is 24.0. The van der Waals surface area contributed by atoms with Crippen molar-refractivity contribution in [3.63, 3.8) is 0 Å². The van der Waals surface area contributed by atoms with Crippen molar-refractivity contribution in [2.45, 2.75) is 50.5 Å². The van der Waals surface area contributed by atoms with Crippen molar-refractivity contribution >= 4 is 28.4 Å². The number of nitrogens with one attached hydrogen (secondary N) is 1. The number of hydrogen-bond acceptors (Lipinski definition) is 5. The molecule has 1 saturated heterocycles. The van der Waals surface area contributed by atoms with Gasteiger partial charge in [0.1, 0.15) is 5.69 Å². The summed E-state index contributed by atoms with van der Waals surface area (Å²) in [6.45, 7) is 1.49. The number of aromatic nitrogens is 2. The van der Waals surface area contributed by atoms with Gasteiger partial charge in [0, 0.05) is 55.0 Å². The molecule has 3 heterocycles. The Balaban J connectivity index is 1.29. The maximum absolute atomic E-state index is 13.0. The fourth-order valence-corrected chi connectivity index (χ4v) is 5.64. The van der Waals surface area contributed by atoms with Gasteiger partial charge in [-0.1, -0.05) is 0 Å². The SMILES string of the molecule is Cn1cc(C2CCN(C(=O)[C@H]3CC[C@@H](O)CC3)CC2)c2cc(NC(=O)c3cc(C#N)ccn3)ccc21. The molecular weight excluding hydrogens is 454 g/mol. The Morgan fingerprint density at radius 3 is 2.56 bits per heavy atom. The third kappa shape index (κ3) is 4.84. The number of nitrogens with zero attached hydrogens (tertiary/aromatic N) is 4. The highest BCUT2D eigenvalue weighted by molar-refractivity contribution is 6.04. The molecule has 2 N–H and O–H groups in total. The summed E-state index contributed by atoms with van der Waals surface area (Å²) in [7, 11) is 2.03. The van der Waals surface area contributed by atoms with Crippen molar-refractivity contribution in [2.24, 2.45) is 13.0 Å². The molecule has 0 spiro atoms. The number of hydrogen-bond donors (Lipinski definition) is 2. The molecule has 3 aromatic rings. The molecule has 2 aromatic heterocycles. The van der Waals surface area contributed by atoms with E-state index in [2.05, 4.69) is 21.1 Å². The van der Waals surface area contributed by atoms with E-state index in [0.29, 0.717) is 17.2 Å². The number of pyridine rings is 1. The largest absolute Gasteiger partial charge is 0.393 e. The average molecular weight is 486 g/mol. The van der Waals surface area contributed by atoms with Crippen molar-refractivity contribution < 1.29 is 14.7 Å². The molecule has 0 bridgehead atoms. The summed E-state index contributed by atoms with van der Waals surface area (Å²) in [5, 5.41) is 22.8. The second kappa shape index (κ2) is 10.1. The van der Waals surface area contributed by atoms with Crippen LogP contribution in [-0.4, -0.2) is 50.6 Å². The van der Waals surface area contributed by atoms with Crippen LogP contribution in [0.3, 0.4) is 0 Å². The minimum atomic E-state index is -0.356. The lowest BCUT2D eigenvalue weighted by Crippen LogP contribution is -2.42. The maximum Gasteiger partial charge on any atom is 0.274 e. The van der Waals surface area contributed by atoms with Crippen LogP contribution in [0.25, 0.3) is 10.9 Å². The van der Waals surface area contributed by atoms with Gasteiger partial charge < -0.3 is 19.9 Å². The van der Waals surface area contributed by atoms with E-state index < -0.39 is 0 Å². The van der Waals surface area contributed by atoms with Gasteiger partial charge in [-0.05, 0) is 80.3 Å². The molecule has 0 radical (unpaired) electrons. The molecule has 36 heavy (non-hydrogen) atoms. The van der Waals surface area contributed by atoms with Gasteiger partial charge >= 0.3 is 0 Å². The first-order valence-corrected chi connectivity index (χ1v) is 12.7. The molecule has 5 rings (SSSR count). The lowest BCUT2D eigenvalue weighted by atomic mass is 9.85. The standard InChI is InChI=1S/C28H31N5O3/c1-32-17-24(19-9-12-33(13-10-19)28(36)20-2-5-22(34)6-3-20)23-15-21(4-7-26(23)32)31-27(35)25-14-18(16-29)8-11-30-25/h4,7-8,11,14-15,17,19-20,22,34H,2-3,5-6,9-10,12-13H2,1H3,(H,31,35)/t20-,22+. The van der Waals surface area contributed by atoms with Crippen LogP contribution in [-0.2, 0) is 11.8 Å². The molecule has 2 aliphatic rings. The molecule has 1 aliphatic carbocycles. The van der Waals surface area contributed by atoms with E-state index in [4.69, 9.17) is 5.26 Å². The molecule has 0 unspecified atom stereocenters. The maximum atomic E-state index is 13.0. The van der Waals surface area contributed by atoms with Crippen LogP contribution in [0.15, 0.2) is 42.7 Å². The summed E-state index contributed by atoms with van der Waals surface area (Å²) in [6.07, 6.45) is 8.20. The number of aryl methyl sites for hydroxylation is 1. The van der Waals surface area contributed by atoms with Gasteiger partial charge in [0.15, 0.2) is 0 Å². The van der Waals surface area contributed by atoms with Gasteiger partial charge in [0.05, 0.1) is 17.7 Å². The number of aliphatic hydroxyl groups excluding tert-OH is 1. The Morgan fingerprint density at radius 1 is 1.08 bits per heavy atom. The Hall–Kier alpha value is -3.70. The predicted molar refractivity (Wildman–Crippen MR) is 136 cm³/mol. The topological polar surface area (TPSA) is 111 Å². The summed E-state index contributed by atoms with van der Waals surface area (Å²) in [5.41, 5.74) is 3.60. The van der Waals surface area contributed by atoms with Crippen molar-refractivity contribution in [3.05, 3.63) is 59.5 Å². The zero-order valence-corrected chi connectivity index (χ0v) is 20.5. The molecular formula is C28H31N5O3. The van der Waals surface area contributed by atoms with Crippen LogP contribution < -0.4 is 5.32 Å². The highest BCUT2D eigenvalue weighted by Gasteiger charge is 2.32. The molecule has 1 aromatic carbocycles. The predicted octanol–water partition coefficient (Wildman–Crippen LogP) is 3.95. The molecule has 186 valence electrons. The Morgan fingerprint density at radius 2 is 1.83 bits per heavy atom. The number of rotatable bonds is 4. The minimum absolute atomic E-state index is 0.0528. The molecule has 1 aliphatic heterocycles. The molecule has 0 atom stereocenters. The van der Waals surface area contributed by atoms with E-state index in [1.807, 2.05) is 36.2 Å². The van der Waals surface area contributed by atoms with E-state index in [1.54, 1.807) is 6.07 Å². The van der Waals surface area contributed by atoms with Crippen LogP contribution in [0.2, 0.25) is 0 Å². The fourth-order valence-electron chi connectivity index (χ4n) is 5.64. The summed E-state index contributed by atoms with van der Waals surface area (Å²) in [4.78, 5) is 31.8. The van der Waals surface area contributed by atoms with Gasteiger partial charge in [-0.25, -0.2) is 0 Å². The summed E-state index contributed by atoms with van der Waals surface area (Å²) in [5.74, 6) is 0.284. The number of fused-ring (bicyclic) bond motifs is 1. The lowest BCUT2D eigenvalue weighted by molar-refractivity contribution is -0.138. The van der Waals surface area contributed by atoms with Gasteiger partial charge in [-0.3, -0.25) is 14.6 Å². The number of nitriles is 1. The monoisotopic (exact) mass is 485 g/mol. The van der Waals surface area contributed by atoms with Gasteiger partial charge in [-0.15, -0.1) is 0 Å². The number of piperidine rings is 1. The van der Waals surface area contributed by atoms with E-state index in [1.165, 1.54) is 17.8 Å². The second-order valence-electron chi connectivity index (χ2n) is 10.0. The minimum Gasteiger partial charge on any atom is -0.393 e. The normalized spacial score (nSPS) is 20.8.